The lowest BCUT2D eigenvalue weighted by Gasteiger charge is -2.09. The van der Waals surface area contributed by atoms with Gasteiger partial charge in [0.1, 0.15) is 15.5 Å². The summed E-state index contributed by atoms with van der Waals surface area (Å²) in [6, 6.07) is 16.5. The second-order valence-electron chi connectivity index (χ2n) is 6.79. The summed E-state index contributed by atoms with van der Waals surface area (Å²) in [5, 5.41) is 3.30. The van der Waals surface area contributed by atoms with Gasteiger partial charge in [-0.05, 0) is 43.3 Å². The molecule has 0 unspecified atom stereocenters. The molecule has 3 N–H and O–H groups in total. The molecule has 0 radical (unpaired) electrons. The zero-order valence-electron chi connectivity index (χ0n) is 16.2. The molecule has 2 aromatic heterocycles. The van der Waals surface area contributed by atoms with Gasteiger partial charge in [0.25, 0.3) is 5.91 Å². The molecule has 0 atom stereocenters. The SMILES string of the molecule is Cc1ccc(-c2ccc3c(N)c(C(=O)Nc4ccc(OC(F)(F)F)cc4)sc3n2)cc1. The Kier molecular flexibility index (Phi) is 5.28. The molecule has 4 aromatic rings. The maximum Gasteiger partial charge on any atom is 0.573 e. The monoisotopic (exact) mass is 443 g/mol. The summed E-state index contributed by atoms with van der Waals surface area (Å²) in [5.41, 5.74) is 9.63. The number of alkyl halides is 3. The first-order valence-electron chi connectivity index (χ1n) is 9.13. The number of aromatic nitrogens is 1. The van der Waals surface area contributed by atoms with E-state index in [9.17, 15) is 18.0 Å². The van der Waals surface area contributed by atoms with Crippen molar-refractivity contribution in [1.82, 2.24) is 4.98 Å². The van der Waals surface area contributed by atoms with E-state index in [0.717, 1.165) is 40.3 Å². The maximum atomic E-state index is 12.7. The molecule has 2 aromatic carbocycles. The molecule has 0 aliphatic heterocycles. The van der Waals surface area contributed by atoms with Gasteiger partial charge < -0.3 is 15.8 Å². The minimum Gasteiger partial charge on any atom is -0.406 e. The molecule has 0 fully saturated rings. The van der Waals surface area contributed by atoms with Gasteiger partial charge in [0, 0.05) is 16.6 Å². The van der Waals surface area contributed by atoms with Gasteiger partial charge in [-0.2, -0.15) is 0 Å². The number of nitrogen functional groups attached to an aromatic ring is 1. The van der Waals surface area contributed by atoms with Gasteiger partial charge in [0.2, 0.25) is 0 Å². The third kappa shape index (κ3) is 4.61. The Bertz CT molecular complexity index is 1250. The number of hydrogen-bond acceptors (Lipinski definition) is 5. The van der Waals surface area contributed by atoms with Crippen LogP contribution in [0.4, 0.5) is 24.5 Å². The van der Waals surface area contributed by atoms with Crippen LogP contribution in [0.5, 0.6) is 5.75 Å². The summed E-state index contributed by atoms with van der Waals surface area (Å²) < 4.78 is 40.6. The lowest BCUT2D eigenvalue weighted by molar-refractivity contribution is -0.274. The average Bonchev–Trinajstić information content (AvgIpc) is 3.05. The summed E-state index contributed by atoms with van der Waals surface area (Å²) in [7, 11) is 0. The fraction of sp³-hybridized carbons (Fsp3) is 0.0909. The predicted octanol–water partition coefficient (Wildman–Crippen LogP) is 6.00. The van der Waals surface area contributed by atoms with Crippen molar-refractivity contribution in [3.8, 4) is 17.0 Å². The second kappa shape index (κ2) is 7.92. The summed E-state index contributed by atoms with van der Waals surface area (Å²) in [6.07, 6.45) is -4.78. The molecular weight excluding hydrogens is 427 g/mol. The van der Waals surface area contributed by atoms with Gasteiger partial charge in [-0.15, -0.1) is 24.5 Å². The fourth-order valence-electron chi connectivity index (χ4n) is 2.98. The molecule has 1 amide bonds. The van der Waals surface area contributed by atoms with E-state index in [4.69, 9.17) is 5.73 Å². The number of rotatable bonds is 4. The molecule has 0 aliphatic carbocycles. The van der Waals surface area contributed by atoms with Gasteiger partial charge in [-0.1, -0.05) is 29.8 Å². The van der Waals surface area contributed by atoms with Crippen LogP contribution in [0.1, 0.15) is 15.2 Å². The predicted molar refractivity (Wildman–Crippen MR) is 115 cm³/mol. The number of carbonyl (C=O) groups is 1. The Balaban J connectivity index is 1.56. The number of nitrogens with one attached hydrogen (secondary N) is 1. The first-order chi connectivity index (χ1) is 14.7. The third-order valence-electron chi connectivity index (χ3n) is 4.49. The molecule has 0 saturated carbocycles. The number of hydrogen-bond donors (Lipinski definition) is 2. The minimum atomic E-state index is -4.78. The van der Waals surface area contributed by atoms with Crippen molar-refractivity contribution >= 4 is 38.8 Å². The van der Waals surface area contributed by atoms with E-state index in [1.54, 1.807) is 0 Å². The summed E-state index contributed by atoms with van der Waals surface area (Å²) in [6.45, 7) is 2.00. The zero-order chi connectivity index (χ0) is 22.2. The number of thiophene rings is 1. The lowest BCUT2D eigenvalue weighted by atomic mass is 10.1. The highest BCUT2D eigenvalue weighted by atomic mass is 32.1. The van der Waals surface area contributed by atoms with E-state index in [2.05, 4.69) is 15.0 Å². The van der Waals surface area contributed by atoms with Crippen LogP contribution in [0.3, 0.4) is 0 Å². The molecule has 158 valence electrons. The highest BCUT2D eigenvalue weighted by Crippen LogP contribution is 2.35. The van der Waals surface area contributed by atoms with Crippen LogP contribution >= 0.6 is 11.3 Å². The van der Waals surface area contributed by atoms with Crippen LogP contribution in [0.15, 0.2) is 60.7 Å². The van der Waals surface area contributed by atoms with Crippen molar-refractivity contribution in [2.45, 2.75) is 13.3 Å². The first-order valence-corrected chi connectivity index (χ1v) is 9.94. The molecule has 5 nitrogen and oxygen atoms in total. The van der Waals surface area contributed by atoms with E-state index >= 15 is 0 Å². The number of fused-ring (bicyclic) bond motifs is 1. The number of nitrogens with two attached hydrogens (primary N) is 1. The Hall–Kier alpha value is -3.59. The van der Waals surface area contributed by atoms with Crippen LogP contribution in [0.25, 0.3) is 21.5 Å². The maximum absolute atomic E-state index is 12.7. The van der Waals surface area contributed by atoms with Crippen molar-refractivity contribution in [3.05, 3.63) is 71.1 Å². The standard InChI is InChI=1S/C22H16F3N3O2S/c1-12-2-4-13(5-3-12)17-11-10-16-18(26)19(31-21(16)28-17)20(29)27-14-6-8-15(9-7-14)30-22(23,24)25/h2-11H,26H2,1H3,(H,27,29). The zero-order valence-corrected chi connectivity index (χ0v) is 17.0. The Morgan fingerprint density at radius 2 is 1.71 bits per heavy atom. The topological polar surface area (TPSA) is 77.2 Å². The molecule has 0 saturated heterocycles. The smallest absolute Gasteiger partial charge is 0.406 e. The lowest BCUT2D eigenvalue weighted by Crippen LogP contribution is -2.17. The van der Waals surface area contributed by atoms with Crippen LogP contribution < -0.4 is 15.8 Å². The van der Waals surface area contributed by atoms with Gasteiger partial charge in [-0.3, -0.25) is 4.79 Å². The Morgan fingerprint density at radius 1 is 1.03 bits per heavy atom. The number of benzene rings is 2. The summed E-state index contributed by atoms with van der Waals surface area (Å²) in [5.74, 6) is -0.846. The van der Waals surface area contributed by atoms with Crippen LogP contribution in [-0.2, 0) is 0 Å². The van der Waals surface area contributed by atoms with Gasteiger partial charge in [0.15, 0.2) is 0 Å². The molecule has 0 bridgehead atoms. The van der Waals surface area contributed by atoms with E-state index < -0.39 is 12.3 Å². The van der Waals surface area contributed by atoms with Crippen molar-refractivity contribution < 1.29 is 22.7 Å². The van der Waals surface area contributed by atoms with Crippen LogP contribution in [-0.4, -0.2) is 17.3 Å². The molecule has 0 aliphatic rings. The Labute approximate surface area is 179 Å². The van der Waals surface area contributed by atoms with Crippen LogP contribution in [0, 0.1) is 6.92 Å². The van der Waals surface area contributed by atoms with Crippen molar-refractivity contribution in [1.29, 1.82) is 0 Å². The van der Waals surface area contributed by atoms with E-state index in [1.165, 1.54) is 12.1 Å². The van der Waals surface area contributed by atoms with E-state index in [-0.39, 0.29) is 10.6 Å². The number of ether oxygens (including phenoxy) is 1. The highest BCUT2D eigenvalue weighted by Gasteiger charge is 2.31. The van der Waals surface area contributed by atoms with Crippen molar-refractivity contribution in [2.75, 3.05) is 11.1 Å². The number of aryl methyl sites for hydroxylation is 1. The van der Waals surface area contributed by atoms with E-state index in [1.807, 2.05) is 43.3 Å². The summed E-state index contributed by atoms with van der Waals surface area (Å²) in [4.78, 5) is 18.2. The fourth-order valence-corrected chi connectivity index (χ4v) is 3.97. The highest BCUT2D eigenvalue weighted by molar-refractivity contribution is 7.21. The largest absolute Gasteiger partial charge is 0.573 e. The van der Waals surface area contributed by atoms with Gasteiger partial charge >= 0.3 is 6.36 Å². The number of halogens is 3. The Morgan fingerprint density at radius 3 is 2.35 bits per heavy atom. The molecule has 2 heterocycles. The molecule has 0 spiro atoms. The van der Waals surface area contributed by atoms with Gasteiger partial charge in [-0.25, -0.2) is 4.98 Å². The first kappa shape index (κ1) is 20.7. The quantitative estimate of drug-likeness (QED) is 0.405. The van der Waals surface area contributed by atoms with Crippen molar-refractivity contribution in [2.24, 2.45) is 0 Å². The number of amides is 1. The van der Waals surface area contributed by atoms with Crippen LogP contribution in [0.2, 0.25) is 0 Å². The number of nitrogens with zero attached hydrogens (tertiary/aromatic N) is 1. The molecular formula is C22H16F3N3O2S. The normalized spacial score (nSPS) is 11.5. The average molecular weight is 443 g/mol. The van der Waals surface area contributed by atoms with E-state index in [0.29, 0.717) is 21.6 Å². The molecule has 4 rings (SSSR count). The summed E-state index contributed by atoms with van der Waals surface area (Å²) >= 11 is 1.15. The van der Waals surface area contributed by atoms with Crippen molar-refractivity contribution in [3.63, 3.8) is 0 Å². The number of carbonyl (C=O) groups excluding carboxylic acids is 1. The van der Waals surface area contributed by atoms with Gasteiger partial charge in [0.05, 0.1) is 11.4 Å². The number of pyridine rings is 1. The molecule has 31 heavy (non-hydrogen) atoms. The second-order valence-corrected chi connectivity index (χ2v) is 7.79. The number of anilines is 2. The third-order valence-corrected chi connectivity index (χ3v) is 5.61. The minimum absolute atomic E-state index is 0.277. The molecule has 9 heteroatoms.